The van der Waals surface area contributed by atoms with Gasteiger partial charge in [-0.15, -0.1) is 0 Å². The molecule has 0 amide bonds. The smallest absolute Gasteiger partial charge is 0.373 e. The van der Waals surface area contributed by atoms with Gasteiger partial charge >= 0.3 is 11.6 Å². The van der Waals surface area contributed by atoms with Crippen LogP contribution in [-0.2, 0) is 0 Å². The average Bonchev–Trinajstić information content (AvgIpc) is 2.61. The molecule has 0 saturated heterocycles. The standard InChI is InChI=1S/C20H18N4O4/c1-12-8-13(2)10-17(9-12)28-20-18(24(26)27)19(21-11-22-20)23-16-6-4-15(5-7-16)14(3)25/h4-11H,1-3H3,(H,21,22,23). The lowest BCUT2D eigenvalue weighted by atomic mass is 10.1. The predicted molar refractivity (Wildman–Crippen MR) is 104 cm³/mol. The summed E-state index contributed by atoms with van der Waals surface area (Å²) in [5.74, 6) is 0.225. The van der Waals surface area contributed by atoms with E-state index in [9.17, 15) is 14.9 Å². The van der Waals surface area contributed by atoms with Gasteiger partial charge in [-0.05, 0) is 68.3 Å². The minimum Gasteiger partial charge on any atom is -0.434 e. The van der Waals surface area contributed by atoms with Crippen LogP contribution in [0.1, 0.15) is 28.4 Å². The Kier molecular flexibility index (Phi) is 5.30. The van der Waals surface area contributed by atoms with E-state index in [1.807, 2.05) is 19.9 Å². The van der Waals surface area contributed by atoms with Crippen LogP contribution >= 0.6 is 0 Å². The predicted octanol–water partition coefficient (Wildman–Crippen LogP) is 4.74. The lowest BCUT2D eigenvalue weighted by molar-refractivity contribution is -0.385. The molecule has 2 aromatic carbocycles. The summed E-state index contributed by atoms with van der Waals surface area (Å²) in [6.45, 7) is 5.28. The Morgan fingerprint density at radius 3 is 2.29 bits per heavy atom. The number of carbonyl (C=O) groups is 1. The molecule has 0 aliphatic carbocycles. The number of anilines is 2. The van der Waals surface area contributed by atoms with Crippen LogP contribution in [0.25, 0.3) is 0 Å². The number of nitrogens with zero attached hydrogens (tertiary/aromatic N) is 3. The molecule has 1 aromatic heterocycles. The Morgan fingerprint density at radius 2 is 1.71 bits per heavy atom. The first-order valence-corrected chi connectivity index (χ1v) is 8.47. The molecule has 0 saturated carbocycles. The van der Waals surface area contributed by atoms with Crippen LogP contribution in [0.5, 0.6) is 11.6 Å². The number of carbonyl (C=O) groups excluding carboxylic acids is 1. The summed E-state index contributed by atoms with van der Waals surface area (Å²) >= 11 is 0. The van der Waals surface area contributed by atoms with Gasteiger partial charge in [-0.1, -0.05) is 6.07 Å². The molecule has 8 nitrogen and oxygen atoms in total. The van der Waals surface area contributed by atoms with Crippen molar-refractivity contribution in [3.05, 3.63) is 75.6 Å². The maximum atomic E-state index is 11.7. The van der Waals surface area contributed by atoms with E-state index in [0.29, 0.717) is 17.0 Å². The number of hydrogen-bond acceptors (Lipinski definition) is 7. The van der Waals surface area contributed by atoms with Gasteiger partial charge in [-0.25, -0.2) is 4.98 Å². The molecule has 142 valence electrons. The molecule has 8 heteroatoms. The van der Waals surface area contributed by atoms with Gasteiger partial charge in [0.25, 0.3) is 0 Å². The van der Waals surface area contributed by atoms with E-state index in [0.717, 1.165) is 11.1 Å². The molecular weight excluding hydrogens is 360 g/mol. The van der Waals surface area contributed by atoms with E-state index in [2.05, 4.69) is 15.3 Å². The number of benzene rings is 2. The Hall–Kier alpha value is -3.81. The molecule has 0 aliphatic heterocycles. The molecule has 0 atom stereocenters. The topological polar surface area (TPSA) is 107 Å². The van der Waals surface area contributed by atoms with Gasteiger partial charge in [0.2, 0.25) is 5.82 Å². The van der Waals surface area contributed by atoms with Crippen molar-refractivity contribution in [3.8, 4) is 11.6 Å². The average molecular weight is 378 g/mol. The molecule has 0 spiro atoms. The zero-order chi connectivity index (χ0) is 20.3. The second kappa shape index (κ2) is 7.83. The molecule has 1 N–H and O–H groups in total. The fraction of sp³-hybridized carbons (Fsp3) is 0.150. The quantitative estimate of drug-likeness (QED) is 0.375. The number of ether oxygens (including phenoxy) is 1. The first-order valence-electron chi connectivity index (χ1n) is 8.47. The van der Waals surface area contributed by atoms with Crippen LogP contribution in [0.15, 0.2) is 48.8 Å². The van der Waals surface area contributed by atoms with Crippen molar-refractivity contribution in [2.24, 2.45) is 0 Å². The number of Topliss-reactive ketones (excluding diaryl/α,β-unsaturated/α-hetero) is 1. The summed E-state index contributed by atoms with van der Waals surface area (Å²) < 4.78 is 5.68. The highest BCUT2D eigenvalue weighted by atomic mass is 16.6. The van der Waals surface area contributed by atoms with Crippen LogP contribution in [-0.4, -0.2) is 20.7 Å². The van der Waals surface area contributed by atoms with E-state index in [4.69, 9.17) is 4.74 Å². The first-order chi connectivity index (χ1) is 13.3. The summed E-state index contributed by atoms with van der Waals surface area (Å²) in [6.07, 6.45) is 1.19. The van der Waals surface area contributed by atoms with Gasteiger partial charge in [0.05, 0.1) is 4.92 Å². The van der Waals surface area contributed by atoms with Gasteiger partial charge in [-0.2, -0.15) is 4.98 Å². The number of aryl methyl sites for hydroxylation is 2. The summed E-state index contributed by atoms with van der Waals surface area (Å²) in [7, 11) is 0. The minimum atomic E-state index is -0.593. The van der Waals surface area contributed by atoms with Crippen molar-refractivity contribution in [2.45, 2.75) is 20.8 Å². The van der Waals surface area contributed by atoms with Crippen molar-refractivity contribution in [2.75, 3.05) is 5.32 Å². The van der Waals surface area contributed by atoms with Gasteiger partial charge in [0, 0.05) is 11.3 Å². The Balaban J connectivity index is 1.95. The van der Waals surface area contributed by atoms with E-state index in [1.54, 1.807) is 36.4 Å². The van der Waals surface area contributed by atoms with Crippen LogP contribution in [0.4, 0.5) is 17.2 Å². The van der Waals surface area contributed by atoms with E-state index < -0.39 is 4.92 Å². The molecule has 3 aromatic rings. The van der Waals surface area contributed by atoms with E-state index in [-0.39, 0.29) is 23.2 Å². The van der Waals surface area contributed by atoms with Gasteiger partial charge in [0.15, 0.2) is 5.78 Å². The van der Waals surface area contributed by atoms with E-state index >= 15 is 0 Å². The Bertz CT molecular complexity index is 1030. The lowest BCUT2D eigenvalue weighted by Crippen LogP contribution is -2.04. The normalized spacial score (nSPS) is 10.4. The number of hydrogen-bond donors (Lipinski definition) is 1. The van der Waals surface area contributed by atoms with Crippen molar-refractivity contribution < 1.29 is 14.5 Å². The number of rotatable bonds is 6. The lowest BCUT2D eigenvalue weighted by Gasteiger charge is -2.10. The zero-order valence-corrected chi connectivity index (χ0v) is 15.6. The third-order valence-corrected chi connectivity index (χ3v) is 3.94. The second-order valence-corrected chi connectivity index (χ2v) is 6.32. The first kappa shape index (κ1) is 19.0. The highest BCUT2D eigenvalue weighted by Crippen LogP contribution is 2.35. The summed E-state index contributed by atoms with van der Waals surface area (Å²) in [5, 5.41) is 14.5. The van der Waals surface area contributed by atoms with Crippen molar-refractivity contribution >= 4 is 23.0 Å². The molecule has 1 heterocycles. The van der Waals surface area contributed by atoms with Crippen molar-refractivity contribution in [1.29, 1.82) is 0 Å². The van der Waals surface area contributed by atoms with Crippen LogP contribution in [0, 0.1) is 24.0 Å². The molecule has 0 bridgehead atoms. The van der Waals surface area contributed by atoms with Gasteiger partial charge in [-0.3, -0.25) is 14.9 Å². The van der Waals surface area contributed by atoms with Gasteiger partial charge < -0.3 is 10.1 Å². The number of nitrogens with one attached hydrogen (secondary N) is 1. The summed E-state index contributed by atoms with van der Waals surface area (Å²) in [5.41, 5.74) is 2.65. The second-order valence-electron chi connectivity index (χ2n) is 6.32. The summed E-state index contributed by atoms with van der Waals surface area (Å²) in [6, 6.07) is 12.1. The third-order valence-electron chi connectivity index (χ3n) is 3.94. The van der Waals surface area contributed by atoms with Gasteiger partial charge in [0.1, 0.15) is 12.1 Å². The van der Waals surface area contributed by atoms with E-state index in [1.165, 1.54) is 13.3 Å². The monoisotopic (exact) mass is 378 g/mol. The Labute approximate surface area is 161 Å². The molecule has 0 fully saturated rings. The van der Waals surface area contributed by atoms with Crippen LogP contribution in [0.3, 0.4) is 0 Å². The summed E-state index contributed by atoms with van der Waals surface area (Å²) in [4.78, 5) is 30.4. The number of ketones is 1. The number of nitro groups is 1. The maximum absolute atomic E-state index is 11.7. The fourth-order valence-electron chi connectivity index (χ4n) is 2.72. The largest absolute Gasteiger partial charge is 0.434 e. The minimum absolute atomic E-state index is 0.00468. The molecule has 0 aliphatic rings. The highest BCUT2D eigenvalue weighted by Gasteiger charge is 2.25. The number of aromatic nitrogens is 2. The van der Waals surface area contributed by atoms with Crippen molar-refractivity contribution in [1.82, 2.24) is 9.97 Å². The van der Waals surface area contributed by atoms with Crippen LogP contribution in [0.2, 0.25) is 0 Å². The van der Waals surface area contributed by atoms with Crippen LogP contribution < -0.4 is 10.1 Å². The third kappa shape index (κ3) is 4.29. The fourth-order valence-corrected chi connectivity index (χ4v) is 2.72. The molecule has 28 heavy (non-hydrogen) atoms. The SMILES string of the molecule is CC(=O)c1ccc(Nc2ncnc(Oc3cc(C)cc(C)c3)c2[N+](=O)[O-])cc1. The molecule has 0 radical (unpaired) electrons. The maximum Gasteiger partial charge on any atom is 0.373 e. The Morgan fingerprint density at radius 1 is 1.07 bits per heavy atom. The molecule has 0 unspecified atom stereocenters. The highest BCUT2D eigenvalue weighted by molar-refractivity contribution is 5.94. The zero-order valence-electron chi connectivity index (χ0n) is 15.6. The molecule has 3 rings (SSSR count). The van der Waals surface area contributed by atoms with Crippen molar-refractivity contribution in [3.63, 3.8) is 0 Å². The molecular formula is C20H18N4O4.